The zero-order valence-corrected chi connectivity index (χ0v) is 13.8. The van der Waals surface area contributed by atoms with Crippen LogP contribution in [0.4, 0.5) is 0 Å². The molecule has 2 rings (SSSR count). The lowest BCUT2D eigenvalue weighted by atomic mass is 9.90. The first-order valence-corrected chi connectivity index (χ1v) is 8.85. The Morgan fingerprint density at radius 2 is 1.91 bits per heavy atom. The quantitative estimate of drug-likeness (QED) is 0.509. The van der Waals surface area contributed by atoms with Gasteiger partial charge in [0.25, 0.3) is 0 Å². The molecular weight excluding hydrogens is 268 g/mol. The Labute approximate surface area is 135 Å². The number of aliphatic hydroxyl groups excluding tert-OH is 1. The molecule has 0 amide bonds. The van der Waals surface area contributed by atoms with Gasteiger partial charge in [0.05, 0.1) is 6.10 Å². The highest BCUT2D eigenvalue weighted by molar-refractivity contribution is 5.14. The van der Waals surface area contributed by atoms with E-state index in [2.05, 4.69) is 61.6 Å². The molecule has 1 aromatic rings. The van der Waals surface area contributed by atoms with Crippen LogP contribution in [0.5, 0.6) is 0 Å². The molecular formula is C21H30O. The van der Waals surface area contributed by atoms with Crippen molar-refractivity contribution < 1.29 is 5.11 Å². The standard InChI is InChI=1S/C21H30O/c1-2-3-6-15-20-19(16-17-21(20)22)14-10-5-9-13-18-11-7-4-8-12-18/h3-4,6-8,10-12,14,19-22H,2,5,9,13,15-17H2,1H3/b6-3-,14-10+/t19?,20-,21+/m1/s1. The third kappa shape index (κ3) is 5.46. The maximum atomic E-state index is 10.1. The predicted molar refractivity (Wildman–Crippen MR) is 94.8 cm³/mol. The van der Waals surface area contributed by atoms with Gasteiger partial charge in [-0.15, -0.1) is 0 Å². The van der Waals surface area contributed by atoms with Crippen LogP contribution in [-0.2, 0) is 6.42 Å². The summed E-state index contributed by atoms with van der Waals surface area (Å²) in [6.45, 7) is 2.16. The molecule has 120 valence electrons. The molecule has 22 heavy (non-hydrogen) atoms. The molecule has 0 bridgehead atoms. The number of benzene rings is 1. The summed E-state index contributed by atoms with van der Waals surface area (Å²) in [5.41, 5.74) is 1.43. The Hall–Kier alpha value is -1.34. The van der Waals surface area contributed by atoms with E-state index >= 15 is 0 Å². The molecule has 3 atom stereocenters. The molecule has 0 heterocycles. The fraction of sp³-hybridized carbons (Fsp3) is 0.524. The molecule has 0 saturated heterocycles. The minimum atomic E-state index is -0.111. The van der Waals surface area contributed by atoms with E-state index in [1.165, 1.54) is 12.0 Å². The van der Waals surface area contributed by atoms with Crippen LogP contribution < -0.4 is 0 Å². The van der Waals surface area contributed by atoms with Crippen LogP contribution >= 0.6 is 0 Å². The summed E-state index contributed by atoms with van der Waals surface area (Å²) >= 11 is 0. The van der Waals surface area contributed by atoms with Crippen LogP contribution in [-0.4, -0.2) is 11.2 Å². The van der Waals surface area contributed by atoms with E-state index in [1.54, 1.807) is 0 Å². The predicted octanol–water partition coefficient (Wildman–Crippen LogP) is 5.31. The van der Waals surface area contributed by atoms with Crippen LogP contribution in [0.1, 0.15) is 51.0 Å². The van der Waals surface area contributed by atoms with Gasteiger partial charge in [-0.05, 0) is 62.3 Å². The van der Waals surface area contributed by atoms with Crippen molar-refractivity contribution in [3.8, 4) is 0 Å². The van der Waals surface area contributed by atoms with Gasteiger partial charge in [0.1, 0.15) is 0 Å². The van der Waals surface area contributed by atoms with Gasteiger partial charge in [0, 0.05) is 0 Å². The highest BCUT2D eigenvalue weighted by Crippen LogP contribution is 2.35. The number of aliphatic hydroxyl groups is 1. The molecule has 0 spiro atoms. The van der Waals surface area contributed by atoms with E-state index in [9.17, 15) is 5.11 Å². The van der Waals surface area contributed by atoms with Crippen LogP contribution in [0.2, 0.25) is 0 Å². The second kappa shape index (κ2) is 9.63. The third-order valence-corrected chi connectivity index (χ3v) is 4.71. The van der Waals surface area contributed by atoms with Gasteiger partial charge in [0.2, 0.25) is 0 Å². The monoisotopic (exact) mass is 298 g/mol. The molecule has 1 aromatic carbocycles. The maximum absolute atomic E-state index is 10.1. The molecule has 1 N–H and O–H groups in total. The molecule has 1 saturated carbocycles. The highest BCUT2D eigenvalue weighted by atomic mass is 16.3. The molecule has 1 unspecified atom stereocenters. The number of unbranched alkanes of at least 4 members (excludes halogenated alkanes) is 1. The molecule has 0 aromatic heterocycles. The van der Waals surface area contributed by atoms with Gasteiger partial charge >= 0.3 is 0 Å². The second-order valence-electron chi connectivity index (χ2n) is 6.39. The number of allylic oxidation sites excluding steroid dienone is 4. The van der Waals surface area contributed by atoms with E-state index in [-0.39, 0.29) is 6.10 Å². The van der Waals surface area contributed by atoms with Crippen molar-refractivity contribution in [3.63, 3.8) is 0 Å². The van der Waals surface area contributed by atoms with E-state index < -0.39 is 0 Å². The Morgan fingerprint density at radius 3 is 2.68 bits per heavy atom. The first kappa shape index (κ1) is 17.0. The van der Waals surface area contributed by atoms with E-state index in [1.807, 2.05) is 0 Å². The lowest BCUT2D eigenvalue weighted by molar-refractivity contribution is 0.125. The van der Waals surface area contributed by atoms with Gasteiger partial charge < -0.3 is 5.11 Å². The SMILES string of the molecule is CC/C=C\C[C@@H]1C(/C=C/CCCc2ccccc2)CC[C@@H]1O. The lowest BCUT2D eigenvalue weighted by Crippen LogP contribution is -2.17. The zero-order chi connectivity index (χ0) is 15.6. The van der Waals surface area contributed by atoms with Crippen molar-refractivity contribution in [2.75, 3.05) is 0 Å². The largest absolute Gasteiger partial charge is 0.393 e. The average Bonchev–Trinajstić information content (AvgIpc) is 2.89. The van der Waals surface area contributed by atoms with Gasteiger partial charge in [-0.2, -0.15) is 0 Å². The van der Waals surface area contributed by atoms with E-state index in [0.29, 0.717) is 11.8 Å². The minimum absolute atomic E-state index is 0.111. The van der Waals surface area contributed by atoms with Gasteiger partial charge in [-0.1, -0.05) is 61.6 Å². The number of hydrogen-bond donors (Lipinski definition) is 1. The topological polar surface area (TPSA) is 20.2 Å². The lowest BCUT2D eigenvalue weighted by Gasteiger charge is -2.17. The molecule has 1 aliphatic carbocycles. The van der Waals surface area contributed by atoms with Gasteiger partial charge in [0.15, 0.2) is 0 Å². The molecule has 0 aliphatic heterocycles. The normalized spacial score (nSPS) is 25.5. The van der Waals surface area contributed by atoms with E-state index in [0.717, 1.165) is 38.5 Å². The van der Waals surface area contributed by atoms with Crippen LogP contribution in [0.3, 0.4) is 0 Å². The van der Waals surface area contributed by atoms with Crippen LogP contribution in [0, 0.1) is 11.8 Å². The molecule has 1 heteroatoms. The Kier molecular flexibility index (Phi) is 7.45. The van der Waals surface area contributed by atoms with Crippen molar-refractivity contribution in [2.45, 2.75) is 58.0 Å². The molecule has 0 radical (unpaired) electrons. The molecule has 1 nitrogen and oxygen atoms in total. The maximum Gasteiger partial charge on any atom is 0.0577 e. The summed E-state index contributed by atoms with van der Waals surface area (Å²) in [5.74, 6) is 0.987. The van der Waals surface area contributed by atoms with Crippen molar-refractivity contribution >= 4 is 0 Å². The van der Waals surface area contributed by atoms with Crippen molar-refractivity contribution in [3.05, 3.63) is 60.2 Å². The van der Waals surface area contributed by atoms with Crippen molar-refractivity contribution in [1.29, 1.82) is 0 Å². The average molecular weight is 298 g/mol. The summed E-state index contributed by atoms with van der Waals surface area (Å²) in [4.78, 5) is 0. The summed E-state index contributed by atoms with van der Waals surface area (Å²) in [6, 6.07) is 10.7. The minimum Gasteiger partial charge on any atom is -0.393 e. The number of aryl methyl sites for hydroxylation is 1. The van der Waals surface area contributed by atoms with Crippen molar-refractivity contribution in [2.24, 2.45) is 11.8 Å². The second-order valence-corrected chi connectivity index (χ2v) is 6.39. The van der Waals surface area contributed by atoms with Crippen LogP contribution in [0.25, 0.3) is 0 Å². The zero-order valence-electron chi connectivity index (χ0n) is 13.8. The Balaban J connectivity index is 1.73. The van der Waals surface area contributed by atoms with Gasteiger partial charge in [-0.3, -0.25) is 0 Å². The smallest absolute Gasteiger partial charge is 0.0577 e. The van der Waals surface area contributed by atoms with E-state index in [4.69, 9.17) is 0 Å². The molecule has 1 fully saturated rings. The fourth-order valence-corrected chi connectivity index (χ4v) is 3.41. The van der Waals surface area contributed by atoms with Gasteiger partial charge in [-0.25, -0.2) is 0 Å². The fourth-order valence-electron chi connectivity index (χ4n) is 3.41. The summed E-state index contributed by atoms with van der Waals surface area (Å²) in [6.07, 6.45) is 16.8. The number of rotatable bonds is 8. The first-order valence-electron chi connectivity index (χ1n) is 8.85. The third-order valence-electron chi connectivity index (χ3n) is 4.71. The highest BCUT2D eigenvalue weighted by Gasteiger charge is 2.31. The summed E-state index contributed by atoms with van der Waals surface area (Å²) in [7, 11) is 0. The Bertz CT molecular complexity index is 460. The molecule has 1 aliphatic rings. The first-order chi connectivity index (χ1) is 10.8. The van der Waals surface area contributed by atoms with Crippen LogP contribution in [0.15, 0.2) is 54.6 Å². The number of hydrogen-bond acceptors (Lipinski definition) is 1. The summed E-state index contributed by atoms with van der Waals surface area (Å²) < 4.78 is 0. The summed E-state index contributed by atoms with van der Waals surface area (Å²) in [5, 5.41) is 10.1. The van der Waals surface area contributed by atoms with Crippen molar-refractivity contribution in [1.82, 2.24) is 0 Å². The Morgan fingerprint density at radius 1 is 1.09 bits per heavy atom.